The molecule has 4 rings (SSSR count). The fourth-order valence-electron chi connectivity index (χ4n) is 2.85. The molecule has 0 saturated heterocycles. The molecule has 4 nitrogen and oxygen atoms in total. The molecular formula is C21H20N4. The van der Waals surface area contributed by atoms with E-state index >= 15 is 0 Å². The van der Waals surface area contributed by atoms with Crippen LogP contribution in [0.4, 0.5) is 0 Å². The summed E-state index contributed by atoms with van der Waals surface area (Å²) in [4.78, 5) is 0. The molecule has 2 aromatic carbocycles. The van der Waals surface area contributed by atoms with E-state index in [1.165, 1.54) is 16.7 Å². The van der Waals surface area contributed by atoms with Crippen molar-refractivity contribution in [2.75, 3.05) is 0 Å². The molecule has 0 aliphatic carbocycles. The maximum absolute atomic E-state index is 4.48. The highest BCUT2D eigenvalue weighted by molar-refractivity contribution is 5.59. The number of aryl methyl sites for hydroxylation is 1. The lowest BCUT2D eigenvalue weighted by Crippen LogP contribution is -1.99. The average Bonchev–Trinajstić information content (AvgIpc) is 3.27. The Morgan fingerprint density at radius 2 is 1.20 bits per heavy atom. The zero-order valence-electron chi connectivity index (χ0n) is 14.2. The number of aromatic nitrogens is 4. The van der Waals surface area contributed by atoms with E-state index in [4.69, 9.17) is 0 Å². The Bertz CT molecular complexity index is 949. The molecule has 124 valence electrons. The van der Waals surface area contributed by atoms with Crippen molar-refractivity contribution in [3.05, 3.63) is 96.1 Å². The minimum absolute atomic E-state index is 0.776. The summed E-state index contributed by atoms with van der Waals surface area (Å²) in [6, 6.07) is 18.9. The molecule has 0 amide bonds. The molecule has 0 aliphatic rings. The fraction of sp³-hybridized carbons (Fsp3) is 0.143. The predicted molar refractivity (Wildman–Crippen MR) is 99.3 cm³/mol. The molecule has 0 radical (unpaired) electrons. The lowest BCUT2D eigenvalue weighted by molar-refractivity contribution is 0.686. The molecule has 0 saturated carbocycles. The quantitative estimate of drug-likeness (QED) is 0.552. The third-order valence-corrected chi connectivity index (χ3v) is 4.25. The number of rotatable bonds is 5. The van der Waals surface area contributed by atoms with Gasteiger partial charge in [0.05, 0.1) is 25.5 Å². The van der Waals surface area contributed by atoms with Crippen LogP contribution >= 0.6 is 0 Å². The van der Waals surface area contributed by atoms with E-state index in [-0.39, 0.29) is 0 Å². The van der Waals surface area contributed by atoms with Gasteiger partial charge in [0.1, 0.15) is 0 Å². The van der Waals surface area contributed by atoms with Crippen molar-refractivity contribution in [3.63, 3.8) is 0 Å². The van der Waals surface area contributed by atoms with Gasteiger partial charge in [-0.05, 0) is 18.1 Å². The summed E-state index contributed by atoms with van der Waals surface area (Å²) in [5.74, 6) is 0. The van der Waals surface area contributed by atoms with E-state index < -0.39 is 0 Å². The van der Waals surface area contributed by atoms with Crippen LogP contribution in [0.5, 0.6) is 0 Å². The molecule has 2 aromatic heterocycles. The van der Waals surface area contributed by atoms with Crippen LogP contribution in [0, 0.1) is 6.92 Å². The van der Waals surface area contributed by atoms with E-state index in [9.17, 15) is 0 Å². The lowest BCUT2D eigenvalue weighted by atomic mass is 10.1. The monoisotopic (exact) mass is 328 g/mol. The van der Waals surface area contributed by atoms with E-state index in [0.717, 1.165) is 24.2 Å². The Hall–Kier alpha value is -3.14. The van der Waals surface area contributed by atoms with Gasteiger partial charge in [0.15, 0.2) is 0 Å². The highest BCUT2D eigenvalue weighted by Crippen LogP contribution is 2.18. The van der Waals surface area contributed by atoms with Crippen molar-refractivity contribution >= 4 is 0 Å². The Kier molecular flexibility index (Phi) is 4.17. The first-order valence-electron chi connectivity index (χ1n) is 8.41. The van der Waals surface area contributed by atoms with Crippen molar-refractivity contribution in [3.8, 4) is 11.1 Å². The van der Waals surface area contributed by atoms with Crippen molar-refractivity contribution in [2.45, 2.75) is 20.0 Å². The van der Waals surface area contributed by atoms with Gasteiger partial charge >= 0.3 is 0 Å². The number of nitrogens with zero attached hydrogens (tertiary/aromatic N) is 4. The van der Waals surface area contributed by atoms with Gasteiger partial charge in [0, 0.05) is 23.5 Å². The third kappa shape index (κ3) is 3.69. The van der Waals surface area contributed by atoms with Gasteiger partial charge in [-0.15, -0.1) is 0 Å². The summed E-state index contributed by atoms with van der Waals surface area (Å²) in [5.41, 5.74) is 5.94. The molecule has 25 heavy (non-hydrogen) atoms. The molecule has 4 heteroatoms. The summed E-state index contributed by atoms with van der Waals surface area (Å²) >= 11 is 0. The highest BCUT2D eigenvalue weighted by atomic mass is 15.3. The summed E-state index contributed by atoms with van der Waals surface area (Å²) in [5, 5.41) is 8.95. The minimum Gasteiger partial charge on any atom is -0.268 e. The molecule has 0 spiro atoms. The van der Waals surface area contributed by atoms with E-state index in [1.54, 1.807) is 0 Å². The first-order chi connectivity index (χ1) is 12.3. The topological polar surface area (TPSA) is 35.6 Å². The molecular weight excluding hydrogens is 308 g/mol. The van der Waals surface area contributed by atoms with E-state index in [0.29, 0.717) is 0 Å². The van der Waals surface area contributed by atoms with Crippen LogP contribution in [0.25, 0.3) is 11.1 Å². The summed E-state index contributed by atoms with van der Waals surface area (Å²) in [7, 11) is 0. The second-order valence-corrected chi connectivity index (χ2v) is 6.32. The first-order valence-corrected chi connectivity index (χ1v) is 8.41. The third-order valence-electron chi connectivity index (χ3n) is 4.25. The van der Waals surface area contributed by atoms with Gasteiger partial charge < -0.3 is 0 Å². The Balaban J connectivity index is 1.47. The van der Waals surface area contributed by atoms with Gasteiger partial charge in [-0.2, -0.15) is 10.2 Å². The molecule has 4 aromatic rings. The Morgan fingerprint density at radius 3 is 1.76 bits per heavy atom. The van der Waals surface area contributed by atoms with Crippen LogP contribution in [0.2, 0.25) is 0 Å². The molecule has 0 aliphatic heterocycles. The van der Waals surface area contributed by atoms with E-state index in [2.05, 4.69) is 78.0 Å². The summed E-state index contributed by atoms with van der Waals surface area (Å²) < 4.78 is 3.93. The largest absolute Gasteiger partial charge is 0.268 e. The smallest absolute Gasteiger partial charge is 0.0659 e. The van der Waals surface area contributed by atoms with Gasteiger partial charge in [-0.3, -0.25) is 9.36 Å². The SMILES string of the molecule is Cc1ccc(Cn2cc(-c3cnn(Cc4ccccc4)c3)cn2)cc1. The van der Waals surface area contributed by atoms with Crippen molar-refractivity contribution < 1.29 is 0 Å². The maximum atomic E-state index is 4.48. The van der Waals surface area contributed by atoms with Gasteiger partial charge in [-0.1, -0.05) is 60.2 Å². The molecule has 0 atom stereocenters. The van der Waals surface area contributed by atoms with Crippen LogP contribution in [0.1, 0.15) is 16.7 Å². The fourth-order valence-corrected chi connectivity index (χ4v) is 2.85. The van der Waals surface area contributed by atoms with Crippen molar-refractivity contribution in [1.29, 1.82) is 0 Å². The molecule has 0 bridgehead atoms. The Morgan fingerprint density at radius 1 is 0.680 bits per heavy atom. The second-order valence-electron chi connectivity index (χ2n) is 6.32. The normalized spacial score (nSPS) is 10.9. The maximum Gasteiger partial charge on any atom is 0.0659 e. The Labute approximate surface area is 147 Å². The standard InChI is InChI=1S/C21H20N4/c1-17-7-9-19(10-8-17)14-25-16-21(12-23-25)20-11-22-24(15-20)13-18-5-3-2-4-6-18/h2-12,15-16H,13-14H2,1H3. The minimum atomic E-state index is 0.776. The van der Waals surface area contributed by atoms with Gasteiger partial charge in [0.2, 0.25) is 0 Å². The zero-order valence-corrected chi connectivity index (χ0v) is 14.2. The lowest BCUT2D eigenvalue weighted by Gasteiger charge is -2.02. The molecule has 0 N–H and O–H groups in total. The van der Waals surface area contributed by atoms with Crippen LogP contribution < -0.4 is 0 Å². The molecule has 0 fully saturated rings. The number of benzene rings is 2. The van der Waals surface area contributed by atoms with Crippen LogP contribution in [0.15, 0.2) is 79.4 Å². The number of hydrogen-bond donors (Lipinski definition) is 0. The van der Waals surface area contributed by atoms with Crippen molar-refractivity contribution in [1.82, 2.24) is 19.6 Å². The highest BCUT2D eigenvalue weighted by Gasteiger charge is 2.06. The van der Waals surface area contributed by atoms with E-state index in [1.807, 2.05) is 27.8 Å². The number of hydrogen-bond acceptors (Lipinski definition) is 2. The zero-order chi connectivity index (χ0) is 17.1. The van der Waals surface area contributed by atoms with Crippen LogP contribution in [-0.2, 0) is 13.1 Å². The summed E-state index contributed by atoms with van der Waals surface area (Å²) in [6.07, 6.45) is 7.94. The summed E-state index contributed by atoms with van der Waals surface area (Å²) in [6.45, 7) is 3.65. The van der Waals surface area contributed by atoms with Crippen LogP contribution in [0.3, 0.4) is 0 Å². The average molecular weight is 328 g/mol. The predicted octanol–water partition coefficient (Wildman–Crippen LogP) is 4.15. The van der Waals surface area contributed by atoms with Crippen molar-refractivity contribution in [2.24, 2.45) is 0 Å². The van der Waals surface area contributed by atoms with Gasteiger partial charge in [0.25, 0.3) is 0 Å². The molecule has 2 heterocycles. The molecule has 0 unspecified atom stereocenters. The van der Waals surface area contributed by atoms with Crippen LogP contribution in [-0.4, -0.2) is 19.6 Å². The van der Waals surface area contributed by atoms with Gasteiger partial charge in [-0.25, -0.2) is 0 Å². The second kappa shape index (κ2) is 6.77. The first kappa shape index (κ1) is 15.4.